The summed E-state index contributed by atoms with van der Waals surface area (Å²) in [6.45, 7) is 2.88. The van der Waals surface area contributed by atoms with Crippen molar-refractivity contribution in [3.8, 4) is 0 Å². The van der Waals surface area contributed by atoms with Gasteiger partial charge in [-0.2, -0.15) is 0 Å². The Kier molecular flexibility index (Phi) is 6.20. The Morgan fingerprint density at radius 2 is 1.64 bits per heavy atom. The highest BCUT2D eigenvalue weighted by atomic mass is 16.1. The van der Waals surface area contributed by atoms with Crippen molar-refractivity contribution in [1.29, 1.82) is 0 Å². The van der Waals surface area contributed by atoms with Gasteiger partial charge in [-0.25, -0.2) is 0 Å². The minimum Gasteiger partial charge on any atom is -0.300 e. The van der Waals surface area contributed by atoms with Gasteiger partial charge in [0.15, 0.2) is 11.6 Å². The summed E-state index contributed by atoms with van der Waals surface area (Å²) >= 11 is 0. The summed E-state index contributed by atoms with van der Waals surface area (Å²) in [5.41, 5.74) is 0. The van der Waals surface area contributed by atoms with E-state index in [9.17, 15) is 14.4 Å². The van der Waals surface area contributed by atoms with Gasteiger partial charge in [-0.15, -0.1) is 0 Å². The van der Waals surface area contributed by atoms with Gasteiger partial charge in [-0.3, -0.25) is 9.59 Å². The van der Waals surface area contributed by atoms with Crippen LogP contribution < -0.4 is 0 Å². The zero-order valence-corrected chi connectivity index (χ0v) is 8.45. The van der Waals surface area contributed by atoms with Gasteiger partial charge < -0.3 is 4.79 Å². The molecular formula is C11H14O3. The molecule has 0 amide bonds. The van der Waals surface area contributed by atoms with E-state index in [2.05, 4.69) is 0 Å². The molecule has 0 rings (SSSR count). The number of rotatable bonds is 6. The van der Waals surface area contributed by atoms with Crippen molar-refractivity contribution < 1.29 is 14.4 Å². The molecule has 0 N–H and O–H groups in total. The van der Waals surface area contributed by atoms with Crippen LogP contribution in [0, 0.1) is 0 Å². The molecule has 3 heteroatoms. The fraction of sp³-hybridized carbons (Fsp3) is 0.364. The van der Waals surface area contributed by atoms with Crippen LogP contribution in [0.25, 0.3) is 0 Å². The monoisotopic (exact) mass is 194 g/mol. The Hall–Kier alpha value is -1.51. The van der Waals surface area contributed by atoms with E-state index in [4.69, 9.17) is 0 Å². The predicted molar refractivity (Wildman–Crippen MR) is 53.9 cm³/mol. The van der Waals surface area contributed by atoms with Gasteiger partial charge >= 0.3 is 0 Å². The average Bonchev–Trinajstić information content (AvgIpc) is 2.08. The maximum absolute atomic E-state index is 11.0. The minimum absolute atomic E-state index is 0.0985. The third-order valence-electron chi connectivity index (χ3n) is 1.43. The smallest absolute Gasteiger partial charge is 0.178 e. The second-order valence-electron chi connectivity index (χ2n) is 2.99. The van der Waals surface area contributed by atoms with Crippen LogP contribution in [0.15, 0.2) is 24.3 Å². The first-order valence-corrected chi connectivity index (χ1v) is 4.41. The Labute approximate surface area is 83.5 Å². The molecule has 0 aromatic heterocycles. The number of allylic oxidation sites excluding steroid dienone is 4. The molecule has 0 spiro atoms. The van der Waals surface area contributed by atoms with Crippen LogP contribution >= 0.6 is 0 Å². The van der Waals surface area contributed by atoms with Gasteiger partial charge in [0.2, 0.25) is 0 Å². The van der Waals surface area contributed by atoms with Crippen molar-refractivity contribution in [2.24, 2.45) is 0 Å². The zero-order valence-electron chi connectivity index (χ0n) is 8.45. The molecule has 0 aliphatic carbocycles. The third kappa shape index (κ3) is 8.59. The van der Waals surface area contributed by atoms with Crippen LogP contribution in [0.5, 0.6) is 0 Å². The molecule has 76 valence electrons. The number of Topliss-reactive ketones (excluding diaryl/α,β-unsaturated/α-hetero) is 1. The summed E-state index contributed by atoms with van der Waals surface area (Å²) in [6, 6.07) is 0. The predicted octanol–water partition coefficient (Wildman–Crippen LogP) is 1.63. The molecule has 0 aliphatic rings. The van der Waals surface area contributed by atoms with E-state index in [0.29, 0.717) is 12.8 Å². The first-order chi connectivity index (χ1) is 6.52. The standard InChI is InChI=1S/C11H14O3/c1-9(12)5-3-4-6-11(14)8-7-10(2)13/h4,6-8H,3,5H2,1-2H3/b6-4?,8-7-. The van der Waals surface area contributed by atoms with Crippen molar-refractivity contribution in [3.05, 3.63) is 24.3 Å². The van der Waals surface area contributed by atoms with E-state index in [1.165, 1.54) is 32.1 Å². The summed E-state index contributed by atoms with van der Waals surface area (Å²) in [6.07, 6.45) is 6.44. The Morgan fingerprint density at radius 1 is 1.00 bits per heavy atom. The quantitative estimate of drug-likeness (QED) is 0.604. The van der Waals surface area contributed by atoms with E-state index >= 15 is 0 Å². The zero-order chi connectivity index (χ0) is 11.0. The highest BCUT2D eigenvalue weighted by Crippen LogP contribution is 1.92. The Morgan fingerprint density at radius 3 is 2.14 bits per heavy atom. The van der Waals surface area contributed by atoms with Crippen molar-refractivity contribution in [2.45, 2.75) is 26.7 Å². The fourth-order valence-corrected chi connectivity index (χ4v) is 0.741. The summed E-state index contributed by atoms with van der Waals surface area (Å²) in [7, 11) is 0. The lowest BCUT2D eigenvalue weighted by Crippen LogP contribution is -1.90. The molecular weight excluding hydrogens is 180 g/mol. The maximum Gasteiger partial charge on any atom is 0.178 e. The molecule has 3 nitrogen and oxygen atoms in total. The molecule has 0 radical (unpaired) electrons. The number of hydrogen-bond acceptors (Lipinski definition) is 3. The van der Waals surface area contributed by atoms with Crippen LogP contribution in [-0.4, -0.2) is 17.3 Å². The first-order valence-electron chi connectivity index (χ1n) is 4.41. The molecule has 0 bridgehead atoms. The van der Waals surface area contributed by atoms with Crippen LogP contribution in [0.2, 0.25) is 0 Å². The van der Waals surface area contributed by atoms with Crippen molar-refractivity contribution in [1.82, 2.24) is 0 Å². The van der Waals surface area contributed by atoms with Gasteiger partial charge in [0.1, 0.15) is 5.78 Å². The lowest BCUT2D eigenvalue weighted by molar-refractivity contribution is -0.117. The number of carbonyl (C=O) groups excluding carboxylic acids is 3. The number of ketones is 3. The van der Waals surface area contributed by atoms with Gasteiger partial charge in [-0.05, 0) is 38.5 Å². The molecule has 0 aromatic carbocycles. The SMILES string of the molecule is CC(=O)/C=C\C(=O)C=CCCC(C)=O. The largest absolute Gasteiger partial charge is 0.300 e. The molecule has 0 heterocycles. The molecule has 0 fully saturated rings. The van der Waals surface area contributed by atoms with Gasteiger partial charge in [0, 0.05) is 6.42 Å². The minimum atomic E-state index is -0.233. The van der Waals surface area contributed by atoms with Gasteiger partial charge in [-0.1, -0.05) is 6.08 Å². The highest BCUT2D eigenvalue weighted by molar-refractivity contribution is 6.03. The molecule has 0 saturated carbocycles. The van der Waals surface area contributed by atoms with E-state index in [1.807, 2.05) is 0 Å². The summed E-state index contributed by atoms with van der Waals surface area (Å²) in [5.74, 6) is -0.291. The lowest BCUT2D eigenvalue weighted by Gasteiger charge is -1.87. The highest BCUT2D eigenvalue weighted by Gasteiger charge is 1.91. The van der Waals surface area contributed by atoms with Crippen molar-refractivity contribution >= 4 is 17.3 Å². The van der Waals surface area contributed by atoms with E-state index in [-0.39, 0.29) is 17.3 Å². The fourth-order valence-electron chi connectivity index (χ4n) is 0.741. The topological polar surface area (TPSA) is 51.2 Å². The van der Waals surface area contributed by atoms with Gasteiger partial charge in [0.05, 0.1) is 0 Å². The summed E-state index contributed by atoms with van der Waals surface area (Å²) in [5, 5.41) is 0. The van der Waals surface area contributed by atoms with Gasteiger partial charge in [0.25, 0.3) is 0 Å². The average molecular weight is 194 g/mol. The van der Waals surface area contributed by atoms with Crippen LogP contribution in [-0.2, 0) is 14.4 Å². The number of carbonyl (C=O) groups is 3. The maximum atomic E-state index is 11.0. The second kappa shape index (κ2) is 6.95. The van der Waals surface area contributed by atoms with Crippen molar-refractivity contribution in [2.75, 3.05) is 0 Å². The first kappa shape index (κ1) is 12.5. The molecule has 0 saturated heterocycles. The summed E-state index contributed by atoms with van der Waals surface area (Å²) in [4.78, 5) is 32.0. The van der Waals surface area contributed by atoms with Crippen LogP contribution in [0.3, 0.4) is 0 Å². The lowest BCUT2D eigenvalue weighted by atomic mass is 10.2. The van der Waals surface area contributed by atoms with Crippen LogP contribution in [0.1, 0.15) is 26.7 Å². The molecule has 0 aromatic rings. The van der Waals surface area contributed by atoms with E-state index in [1.54, 1.807) is 6.08 Å². The molecule has 14 heavy (non-hydrogen) atoms. The molecule has 0 aliphatic heterocycles. The van der Waals surface area contributed by atoms with E-state index < -0.39 is 0 Å². The second-order valence-corrected chi connectivity index (χ2v) is 2.99. The third-order valence-corrected chi connectivity index (χ3v) is 1.43. The molecule has 0 unspecified atom stereocenters. The number of hydrogen-bond donors (Lipinski definition) is 0. The Balaban J connectivity index is 3.82. The Bertz CT molecular complexity index is 285. The van der Waals surface area contributed by atoms with E-state index in [0.717, 1.165) is 0 Å². The molecule has 0 atom stereocenters. The summed E-state index contributed by atoms with van der Waals surface area (Å²) < 4.78 is 0. The van der Waals surface area contributed by atoms with Crippen molar-refractivity contribution in [3.63, 3.8) is 0 Å². The normalized spacial score (nSPS) is 11.0. The van der Waals surface area contributed by atoms with Crippen LogP contribution in [0.4, 0.5) is 0 Å².